The molecule has 0 amide bonds. The van der Waals surface area contributed by atoms with Crippen molar-refractivity contribution in [2.75, 3.05) is 13.2 Å². The Bertz CT molecular complexity index is 1170. The van der Waals surface area contributed by atoms with Crippen molar-refractivity contribution in [1.29, 1.82) is 0 Å². The zero-order valence-electron chi connectivity index (χ0n) is 21.3. The van der Waals surface area contributed by atoms with Gasteiger partial charge in [0.25, 0.3) is 0 Å². The Hall–Kier alpha value is -3.41. The van der Waals surface area contributed by atoms with E-state index in [1.54, 1.807) is 25.4 Å². The fourth-order valence-corrected chi connectivity index (χ4v) is 3.99. The van der Waals surface area contributed by atoms with E-state index in [1.165, 1.54) is 44.9 Å². The highest BCUT2D eigenvalue weighted by atomic mass is 16.5. The van der Waals surface area contributed by atoms with Gasteiger partial charge in [-0.3, -0.25) is 4.98 Å². The summed E-state index contributed by atoms with van der Waals surface area (Å²) in [6, 6.07) is 11.1. The summed E-state index contributed by atoms with van der Waals surface area (Å²) < 4.78 is 16.4. The first-order valence-electron chi connectivity index (χ1n) is 13.0. The van der Waals surface area contributed by atoms with Crippen LogP contribution in [-0.2, 0) is 9.53 Å². The van der Waals surface area contributed by atoms with Gasteiger partial charge in [-0.15, -0.1) is 0 Å². The monoisotopic (exact) mass is 491 g/mol. The molecule has 36 heavy (non-hydrogen) atoms. The summed E-state index contributed by atoms with van der Waals surface area (Å²) in [6.07, 6.45) is 15.0. The van der Waals surface area contributed by atoms with Crippen molar-refractivity contribution >= 4 is 16.9 Å². The largest absolute Gasteiger partial charge is 0.494 e. The van der Waals surface area contributed by atoms with E-state index in [4.69, 9.17) is 13.9 Å². The molecular formula is C30H37NO5. The van der Waals surface area contributed by atoms with Crippen LogP contribution in [0.3, 0.4) is 0 Å². The zero-order chi connectivity index (χ0) is 25.6. The number of nitrogens with zero attached hydrogens (tertiary/aromatic N) is 1. The second-order valence-corrected chi connectivity index (χ2v) is 9.19. The molecule has 2 heterocycles. The molecule has 0 aliphatic heterocycles. The summed E-state index contributed by atoms with van der Waals surface area (Å²) >= 11 is 0. The third-order valence-corrected chi connectivity index (χ3v) is 6.09. The first-order valence-corrected chi connectivity index (χ1v) is 13.0. The van der Waals surface area contributed by atoms with Crippen LogP contribution in [0.2, 0.25) is 0 Å². The lowest BCUT2D eigenvalue weighted by Gasteiger charge is -2.08. The van der Waals surface area contributed by atoms with Gasteiger partial charge in [0.15, 0.2) is 0 Å². The SMILES string of the molecule is C=C(C)C(=O)OCCCCCCCCCCCCOc1ccc(-c2cc3cnccc3oc2=O)cc1. The minimum atomic E-state index is -0.357. The molecule has 2 aromatic heterocycles. The lowest BCUT2D eigenvalue weighted by Crippen LogP contribution is -2.05. The van der Waals surface area contributed by atoms with Gasteiger partial charge in [-0.05, 0) is 49.6 Å². The molecule has 3 rings (SSSR count). The Morgan fingerprint density at radius 2 is 1.50 bits per heavy atom. The minimum Gasteiger partial charge on any atom is -0.494 e. The van der Waals surface area contributed by atoms with Crippen molar-refractivity contribution in [3.8, 4) is 16.9 Å². The number of unbranched alkanes of at least 4 members (excludes halogenated alkanes) is 9. The van der Waals surface area contributed by atoms with E-state index in [0.29, 0.717) is 29.9 Å². The molecule has 0 N–H and O–H groups in total. The van der Waals surface area contributed by atoms with Crippen molar-refractivity contribution in [3.05, 3.63) is 71.4 Å². The van der Waals surface area contributed by atoms with Crippen molar-refractivity contribution in [1.82, 2.24) is 4.98 Å². The summed E-state index contributed by atoms with van der Waals surface area (Å²) in [4.78, 5) is 27.7. The summed E-state index contributed by atoms with van der Waals surface area (Å²) in [5.74, 6) is 0.518. The number of pyridine rings is 1. The molecule has 1 aromatic carbocycles. The van der Waals surface area contributed by atoms with Crippen molar-refractivity contribution < 1.29 is 18.7 Å². The molecule has 0 saturated carbocycles. The number of ether oxygens (including phenoxy) is 2. The van der Waals surface area contributed by atoms with E-state index >= 15 is 0 Å². The molecule has 0 unspecified atom stereocenters. The Labute approximate surface area is 213 Å². The Balaban J connectivity index is 1.22. The summed E-state index contributed by atoms with van der Waals surface area (Å²) in [5, 5.41) is 0.797. The number of esters is 1. The number of carbonyl (C=O) groups excluding carboxylic acids is 1. The second-order valence-electron chi connectivity index (χ2n) is 9.19. The first kappa shape index (κ1) is 27.2. The standard InChI is InChI=1S/C30H37NO5/c1-23(2)29(32)35-20-12-10-8-6-4-3-5-7-9-11-19-34-26-15-13-24(14-16-26)27-21-25-22-31-18-17-28(25)36-30(27)33/h13-18,21-22H,1,3-12,19-20H2,2H3. The van der Waals surface area contributed by atoms with Gasteiger partial charge in [0, 0.05) is 23.4 Å². The molecule has 0 saturated heterocycles. The van der Waals surface area contributed by atoms with Gasteiger partial charge >= 0.3 is 11.6 Å². The molecule has 0 bridgehead atoms. The topological polar surface area (TPSA) is 78.6 Å². The maximum absolute atomic E-state index is 12.3. The number of hydrogen-bond donors (Lipinski definition) is 0. The molecule has 6 heteroatoms. The maximum atomic E-state index is 12.3. The van der Waals surface area contributed by atoms with E-state index in [9.17, 15) is 9.59 Å². The van der Waals surface area contributed by atoms with Crippen molar-refractivity contribution in [2.45, 2.75) is 71.1 Å². The van der Waals surface area contributed by atoms with Gasteiger partial charge in [-0.25, -0.2) is 9.59 Å². The van der Waals surface area contributed by atoms with E-state index in [-0.39, 0.29) is 11.6 Å². The van der Waals surface area contributed by atoms with Crippen LogP contribution in [0.4, 0.5) is 0 Å². The molecule has 0 fully saturated rings. The van der Waals surface area contributed by atoms with Crippen LogP contribution in [0.15, 0.2) is 70.2 Å². The van der Waals surface area contributed by atoms with Crippen LogP contribution in [0.25, 0.3) is 22.1 Å². The van der Waals surface area contributed by atoms with Gasteiger partial charge < -0.3 is 13.9 Å². The lowest BCUT2D eigenvalue weighted by molar-refractivity contribution is -0.139. The van der Waals surface area contributed by atoms with E-state index in [2.05, 4.69) is 11.6 Å². The maximum Gasteiger partial charge on any atom is 0.344 e. The summed E-state index contributed by atoms with van der Waals surface area (Å²) in [7, 11) is 0. The third kappa shape index (κ3) is 8.99. The van der Waals surface area contributed by atoms with E-state index in [1.807, 2.05) is 30.3 Å². The average Bonchev–Trinajstić information content (AvgIpc) is 2.88. The second kappa shape index (κ2) is 14.9. The number of hydrogen-bond acceptors (Lipinski definition) is 6. The number of aromatic nitrogens is 1. The molecule has 0 spiro atoms. The van der Waals surface area contributed by atoms with Crippen molar-refractivity contribution in [3.63, 3.8) is 0 Å². The van der Waals surface area contributed by atoms with Gasteiger partial charge in [0.05, 0.1) is 18.8 Å². The average molecular weight is 492 g/mol. The minimum absolute atomic E-state index is 0.288. The molecule has 0 aliphatic carbocycles. The van der Waals surface area contributed by atoms with Gasteiger partial charge in [-0.2, -0.15) is 0 Å². The number of benzene rings is 1. The molecule has 0 aliphatic rings. The predicted molar refractivity (Wildman–Crippen MR) is 143 cm³/mol. The van der Waals surface area contributed by atoms with Gasteiger partial charge in [0.2, 0.25) is 0 Å². The molecular weight excluding hydrogens is 454 g/mol. The number of carbonyl (C=O) groups is 1. The van der Waals surface area contributed by atoms with Crippen LogP contribution in [0.1, 0.15) is 71.1 Å². The normalized spacial score (nSPS) is 10.9. The fourth-order valence-electron chi connectivity index (χ4n) is 3.99. The zero-order valence-corrected chi connectivity index (χ0v) is 21.3. The van der Waals surface area contributed by atoms with Gasteiger partial charge in [-0.1, -0.05) is 70.1 Å². The van der Waals surface area contributed by atoms with Crippen LogP contribution in [-0.4, -0.2) is 24.2 Å². The summed E-state index contributed by atoms with van der Waals surface area (Å²) in [5.41, 5.74) is 1.96. The van der Waals surface area contributed by atoms with Crippen LogP contribution < -0.4 is 10.4 Å². The predicted octanol–water partition coefficient (Wildman–Crippen LogP) is 7.25. The van der Waals surface area contributed by atoms with E-state index in [0.717, 1.165) is 36.0 Å². The smallest absolute Gasteiger partial charge is 0.344 e. The molecule has 6 nitrogen and oxygen atoms in total. The highest BCUT2D eigenvalue weighted by molar-refractivity contribution is 5.86. The number of fused-ring (bicyclic) bond motifs is 1. The molecule has 3 aromatic rings. The summed E-state index contributed by atoms with van der Waals surface area (Å²) in [6.45, 7) is 6.44. The Kier molecular flexibility index (Phi) is 11.2. The first-order chi connectivity index (χ1) is 17.5. The Morgan fingerprint density at radius 1 is 0.889 bits per heavy atom. The quantitative estimate of drug-likeness (QED) is 0.119. The fraction of sp³-hybridized carbons (Fsp3) is 0.433. The lowest BCUT2D eigenvalue weighted by atomic mass is 10.1. The van der Waals surface area contributed by atoms with Gasteiger partial charge in [0.1, 0.15) is 11.3 Å². The molecule has 0 radical (unpaired) electrons. The van der Waals surface area contributed by atoms with E-state index < -0.39 is 0 Å². The highest BCUT2D eigenvalue weighted by Crippen LogP contribution is 2.23. The number of rotatable bonds is 16. The molecule has 192 valence electrons. The molecule has 0 atom stereocenters. The third-order valence-electron chi connectivity index (χ3n) is 6.09. The van der Waals surface area contributed by atoms with Crippen LogP contribution in [0, 0.1) is 0 Å². The van der Waals surface area contributed by atoms with Crippen LogP contribution in [0.5, 0.6) is 5.75 Å². The van der Waals surface area contributed by atoms with Crippen molar-refractivity contribution in [2.24, 2.45) is 0 Å². The van der Waals surface area contributed by atoms with Crippen LogP contribution >= 0.6 is 0 Å². The Morgan fingerprint density at radius 3 is 2.14 bits per heavy atom. The highest BCUT2D eigenvalue weighted by Gasteiger charge is 2.08.